The number of rotatable bonds is 3. The Morgan fingerprint density at radius 1 is 1.20 bits per heavy atom. The maximum atomic E-state index is 11.7. The summed E-state index contributed by atoms with van der Waals surface area (Å²) in [5.41, 5.74) is -0.428. The molecular formula is C13H15N3O4. The van der Waals surface area contributed by atoms with Gasteiger partial charge in [0, 0.05) is 13.1 Å². The summed E-state index contributed by atoms with van der Waals surface area (Å²) in [5, 5.41) is 0.407. The van der Waals surface area contributed by atoms with Crippen molar-refractivity contribution in [3.8, 4) is 5.75 Å². The van der Waals surface area contributed by atoms with Gasteiger partial charge in [-0.25, -0.2) is 4.79 Å². The Morgan fingerprint density at radius 2 is 2.00 bits per heavy atom. The van der Waals surface area contributed by atoms with E-state index in [1.54, 1.807) is 18.2 Å². The van der Waals surface area contributed by atoms with Crippen LogP contribution in [0.2, 0.25) is 0 Å². The summed E-state index contributed by atoms with van der Waals surface area (Å²) in [4.78, 5) is 29.8. The number of aromatic amines is 2. The molecule has 2 heterocycles. The van der Waals surface area contributed by atoms with Crippen molar-refractivity contribution < 1.29 is 9.47 Å². The molecule has 106 valence electrons. The molecule has 20 heavy (non-hydrogen) atoms. The first-order valence-corrected chi connectivity index (χ1v) is 6.42. The lowest BCUT2D eigenvalue weighted by molar-refractivity contribution is 0.00410. The van der Waals surface area contributed by atoms with Crippen molar-refractivity contribution in [3.05, 3.63) is 39.0 Å². The Kier molecular flexibility index (Phi) is 3.53. The van der Waals surface area contributed by atoms with Gasteiger partial charge in [0.15, 0.2) is 0 Å². The van der Waals surface area contributed by atoms with Gasteiger partial charge in [-0.05, 0) is 18.2 Å². The first kappa shape index (κ1) is 12.9. The van der Waals surface area contributed by atoms with Crippen LogP contribution in [0, 0.1) is 0 Å². The van der Waals surface area contributed by atoms with Crippen LogP contribution in [0.5, 0.6) is 5.75 Å². The summed E-state index contributed by atoms with van der Waals surface area (Å²) in [5.74, 6) is 0.599. The van der Waals surface area contributed by atoms with E-state index in [4.69, 9.17) is 9.47 Å². The number of nitrogens with zero attached hydrogens (tertiary/aromatic N) is 1. The predicted octanol–water partition coefficient (Wildman–Crippen LogP) is -0.115. The van der Waals surface area contributed by atoms with E-state index in [0.29, 0.717) is 36.6 Å². The molecule has 1 aromatic heterocycles. The zero-order valence-electron chi connectivity index (χ0n) is 10.8. The van der Waals surface area contributed by atoms with Crippen LogP contribution >= 0.6 is 0 Å². The number of nitrogens with one attached hydrogen (secondary N) is 2. The second kappa shape index (κ2) is 5.48. The highest BCUT2D eigenvalue weighted by Gasteiger charge is 2.10. The minimum absolute atomic E-state index is 0.407. The van der Waals surface area contributed by atoms with Crippen LogP contribution in [0.4, 0.5) is 0 Å². The van der Waals surface area contributed by atoms with Crippen LogP contribution in [0.1, 0.15) is 0 Å². The highest BCUT2D eigenvalue weighted by molar-refractivity contribution is 5.78. The van der Waals surface area contributed by atoms with Crippen LogP contribution in [0.25, 0.3) is 10.9 Å². The first-order valence-electron chi connectivity index (χ1n) is 6.42. The Hall–Kier alpha value is -2.12. The number of ether oxygens (including phenoxy) is 2. The fourth-order valence-electron chi connectivity index (χ4n) is 2.13. The molecule has 1 fully saturated rings. The average molecular weight is 277 g/mol. The van der Waals surface area contributed by atoms with Crippen LogP contribution < -0.4 is 16.0 Å². The Labute approximate surface area is 114 Å². The third-order valence-corrected chi connectivity index (χ3v) is 3.23. The quantitative estimate of drug-likeness (QED) is 0.817. The van der Waals surface area contributed by atoms with Gasteiger partial charge in [-0.15, -0.1) is 0 Å². The molecular weight excluding hydrogens is 262 g/mol. The van der Waals surface area contributed by atoms with E-state index in [1.807, 2.05) is 0 Å². The second-order valence-corrected chi connectivity index (χ2v) is 4.62. The SMILES string of the molecule is O=c1[nH]c(=O)c2cc(OCN3CCOCC3)ccc2[nH]1. The smallest absolute Gasteiger partial charge is 0.326 e. The van der Waals surface area contributed by atoms with Crippen molar-refractivity contribution in [2.75, 3.05) is 33.0 Å². The molecule has 2 aromatic rings. The molecule has 1 saturated heterocycles. The molecule has 0 unspecified atom stereocenters. The van der Waals surface area contributed by atoms with Gasteiger partial charge in [-0.1, -0.05) is 0 Å². The molecule has 0 aliphatic carbocycles. The van der Waals surface area contributed by atoms with Gasteiger partial charge in [-0.2, -0.15) is 0 Å². The topological polar surface area (TPSA) is 87.4 Å². The van der Waals surface area contributed by atoms with Crippen molar-refractivity contribution in [1.82, 2.24) is 14.9 Å². The van der Waals surface area contributed by atoms with Crippen molar-refractivity contribution in [3.63, 3.8) is 0 Å². The molecule has 3 rings (SSSR count). The fraction of sp³-hybridized carbons (Fsp3) is 0.385. The van der Waals surface area contributed by atoms with Gasteiger partial charge in [0.2, 0.25) is 0 Å². The predicted molar refractivity (Wildman–Crippen MR) is 73.1 cm³/mol. The van der Waals surface area contributed by atoms with Crippen LogP contribution in [0.3, 0.4) is 0 Å². The van der Waals surface area contributed by atoms with E-state index in [2.05, 4.69) is 14.9 Å². The van der Waals surface area contributed by atoms with E-state index in [1.165, 1.54) is 0 Å². The summed E-state index contributed by atoms with van der Waals surface area (Å²) >= 11 is 0. The Morgan fingerprint density at radius 3 is 2.80 bits per heavy atom. The van der Waals surface area contributed by atoms with Crippen LogP contribution in [0.15, 0.2) is 27.8 Å². The zero-order valence-corrected chi connectivity index (χ0v) is 10.8. The third kappa shape index (κ3) is 2.73. The maximum Gasteiger partial charge on any atom is 0.326 e. The molecule has 0 atom stereocenters. The Bertz CT molecular complexity index is 715. The first-order chi connectivity index (χ1) is 9.72. The lowest BCUT2D eigenvalue weighted by Crippen LogP contribution is -2.38. The summed E-state index contributed by atoms with van der Waals surface area (Å²) in [6.07, 6.45) is 0. The molecule has 7 nitrogen and oxygen atoms in total. The van der Waals surface area contributed by atoms with Gasteiger partial charge in [-0.3, -0.25) is 14.7 Å². The average Bonchev–Trinajstić information content (AvgIpc) is 2.46. The minimum Gasteiger partial charge on any atom is -0.478 e. The summed E-state index contributed by atoms with van der Waals surface area (Å²) in [6.45, 7) is 3.54. The van der Waals surface area contributed by atoms with E-state index in [9.17, 15) is 9.59 Å². The van der Waals surface area contributed by atoms with E-state index < -0.39 is 11.2 Å². The number of benzene rings is 1. The molecule has 1 aliphatic heterocycles. The lowest BCUT2D eigenvalue weighted by Gasteiger charge is -2.26. The molecule has 0 saturated carbocycles. The summed E-state index contributed by atoms with van der Waals surface area (Å²) in [7, 11) is 0. The molecule has 0 spiro atoms. The zero-order chi connectivity index (χ0) is 13.9. The standard InChI is InChI=1S/C13H15N3O4/c17-12-10-7-9(1-2-11(10)14-13(18)15-12)20-8-16-3-5-19-6-4-16/h1-2,7H,3-6,8H2,(H2,14,15,17,18). The summed E-state index contributed by atoms with van der Waals surface area (Å²) < 4.78 is 10.9. The Balaban J connectivity index is 1.78. The van der Waals surface area contributed by atoms with Gasteiger partial charge in [0.1, 0.15) is 12.5 Å². The lowest BCUT2D eigenvalue weighted by atomic mass is 10.2. The van der Waals surface area contributed by atoms with E-state index in [0.717, 1.165) is 13.1 Å². The minimum atomic E-state index is -0.510. The molecule has 2 N–H and O–H groups in total. The highest BCUT2D eigenvalue weighted by Crippen LogP contribution is 2.16. The monoisotopic (exact) mass is 277 g/mol. The molecule has 1 aromatic carbocycles. The largest absolute Gasteiger partial charge is 0.478 e. The normalized spacial score (nSPS) is 16.4. The highest BCUT2D eigenvalue weighted by atomic mass is 16.5. The van der Waals surface area contributed by atoms with Gasteiger partial charge in [0.25, 0.3) is 5.56 Å². The number of aromatic nitrogens is 2. The summed E-state index contributed by atoms with van der Waals surface area (Å²) in [6, 6.07) is 5.03. The fourth-order valence-corrected chi connectivity index (χ4v) is 2.13. The van der Waals surface area contributed by atoms with Crippen molar-refractivity contribution >= 4 is 10.9 Å². The van der Waals surface area contributed by atoms with Gasteiger partial charge < -0.3 is 14.5 Å². The van der Waals surface area contributed by atoms with Gasteiger partial charge in [0.05, 0.1) is 24.1 Å². The number of fused-ring (bicyclic) bond motifs is 1. The van der Waals surface area contributed by atoms with Gasteiger partial charge >= 0.3 is 5.69 Å². The van der Waals surface area contributed by atoms with E-state index >= 15 is 0 Å². The van der Waals surface area contributed by atoms with Crippen molar-refractivity contribution in [2.45, 2.75) is 0 Å². The van der Waals surface area contributed by atoms with Crippen molar-refractivity contribution in [2.24, 2.45) is 0 Å². The van der Waals surface area contributed by atoms with Crippen LogP contribution in [-0.2, 0) is 4.74 Å². The molecule has 1 aliphatic rings. The van der Waals surface area contributed by atoms with Crippen molar-refractivity contribution in [1.29, 1.82) is 0 Å². The molecule has 0 amide bonds. The number of H-pyrrole nitrogens is 2. The molecule has 7 heteroatoms. The third-order valence-electron chi connectivity index (χ3n) is 3.23. The molecule has 0 bridgehead atoms. The number of hydrogen-bond donors (Lipinski definition) is 2. The van der Waals surface area contributed by atoms with E-state index in [-0.39, 0.29) is 0 Å². The maximum absolute atomic E-state index is 11.7. The number of morpholine rings is 1. The molecule has 0 radical (unpaired) electrons. The number of hydrogen-bond acceptors (Lipinski definition) is 5. The second-order valence-electron chi connectivity index (χ2n) is 4.62. The van der Waals surface area contributed by atoms with Crippen LogP contribution in [-0.4, -0.2) is 47.9 Å².